The summed E-state index contributed by atoms with van der Waals surface area (Å²) < 4.78 is 5.48. The van der Waals surface area contributed by atoms with Gasteiger partial charge in [0, 0.05) is 37.4 Å². The van der Waals surface area contributed by atoms with E-state index in [1.54, 1.807) is 29.2 Å². The predicted octanol–water partition coefficient (Wildman–Crippen LogP) is 1.83. The van der Waals surface area contributed by atoms with Crippen LogP contribution in [-0.4, -0.2) is 67.0 Å². The number of anilines is 1. The molecule has 1 aliphatic rings. The summed E-state index contributed by atoms with van der Waals surface area (Å²) in [6, 6.07) is 7.11. The van der Waals surface area contributed by atoms with Crippen LogP contribution in [0.15, 0.2) is 24.3 Å². The molecule has 0 saturated carbocycles. The summed E-state index contributed by atoms with van der Waals surface area (Å²) in [5.41, 5.74) is 1.25. The number of hydrogen-bond acceptors (Lipinski definition) is 4. The Morgan fingerprint density at radius 2 is 2.08 bits per heavy atom. The van der Waals surface area contributed by atoms with Crippen molar-refractivity contribution in [2.75, 3.05) is 44.6 Å². The number of benzene rings is 1. The lowest BCUT2D eigenvalue weighted by Crippen LogP contribution is -2.44. The molecule has 0 aliphatic carbocycles. The molecular formula is C18H27N3O3. The van der Waals surface area contributed by atoms with Gasteiger partial charge in [-0.05, 0) is 39.0 Å². The van der Waals surface area contributed by atoms with Crippen LogP contribution in [0.2, 0.25) is 0 Å². The third-order valence-electron chi connectivity index (χ3n) is 4.14. The van der Waals surface area contributed by atoms with E-state index in [1.807, 2.05) is 20.8 Å². The Morgan fingerprint density at radius 3 is 2.75 bits per heavy atom. The van der Waals surface area contributed by atoms with Gasteiger partial charge in [0.25, 0.3) is 5.91 Å². The zero-order valence-electron chi connectivity index (χ0n) is 14.7. The maximum absolute atomic E-state index is 12.4. The third kappa shape index (κ3) is 5.04. The van der Waals surface area contributed by atoms with Crippen LogP contribution >= 0.6 is 0 Å². The largest absolute Gasteiger partial charge is 0.376 e. The summed E-state index contributed by atoms with van der Waals surface area (Å²) >= 11 is 0. The van der Waals surface area contributed by atoms with Gasteiger partial charge in [0.15, 0.2) is 0 Å². The minimum Gasteiger partial charge on any atom is -0.376 e. The molecule has 1 aromatic carbocycles. The van der Waals surface area contributed by atoms with Crippen molar-refractivity contribution in [1.29, 1.82) is 0 Å². The van der Waals surface area contributed by atoms with Crippen molar-refractivity contribution in [3.63, 3.8) is 0 Å². The molecule has 0 radical (unpaired) electrons. The van der Waals surface area contributed by atoms with Gasteiger partial charge in [-0.25, -0.2) is 0 Å². The Bertz CT molecular complexity index is 572. The fourth-order valence-electron chi connectivity index (χ4n) is 2.86. The van der Waals surface area contributed by atoms with Gasteiger partial charge in [-0.1, -0.05) is 6.07 Å². The van der Waals surface area contributed by atoms with E-state index >= 15 is 0 Å². The number of hydrogen-bond donors (Lipinski definition) is 1. The summed E-state index contributed by atoms with van der Waals surface area (Å²) in [7, 11) is 0. The highest BCUT2D eigenvalue weighted by Gasteiger charge is 2.19. The van der Waals surface area contributed by atoms with Crippen LogP contribution in [0.3, 0.4) is 0 Å². The van der Waals surface area contributed by atoms with Crippen LogP contribution < -0.4 is 5.32 Å². The molecule has 1 aliphatic heterocycles. The van der Waals surface area contributed by atoms with Crippen LogP contribution in [-0.2, 0) is 9.53 Å². The molecule has 1 fully saturated rings. The van der Waals surface area contributed by atoms with Crippen molar-refractivity contribution >= 4 is 17.5 Å². The van der Waals surface area contributed by atoms with E-state index in [0.717, 1.165) is 13.1 Å². The van der Waals surface area contributed by atoms with Crippen LogP contribution in [0.1, 0.15) is 31.1 Å². The van der Waals surface area contributed by atoms with Crippen LogP contribution in [0.25, 0.3) is 0 Å². The number of amides is 2. The number of ether oxygens (including phenoxy) is 1. The van der Waals surface area contributed by atoms with Crippen LogP contribution in [0.5, 0.6) is 0 Å². The van der Waals surface area contributed by atoms with E-state index in [2.05, 4.69) is 10.2 Å². The van der Waals surface area contributed by atoms with Crippen molar-refractivity contribution in [2.24, 2.45) is 0 Å². The van der Waals surface area contributed by atoms with Gasteiger partial charge in [-0.3, -0.25) is 14.5 Å². The van der Waals surface area contributed by atoms with Crippen molar-refractivity contribution < 1.29 is 14.3 Å². The average molecular weight is 333 g/mol. The Kier molecular flexibility index (Phi) is 6.75. The van der Waals surface area contributed by atoms with E-state index in [9.17, 15) is 9.59 Å². The first-order valence-electron chi connectivity index (χ1n) is 8.56. The van der Waals surface area contributed by atoms with Gasteiger partial charge in [-0.15, -0.1) is 0 Å². The van der Waals surface area contributed by atoms with Gasteiger partial charge in [0.2, 0.25) is 5.91 Å². The highest BCUT2D eigenvalue weighted by Crippen LogP contribution is 2.13. The lowest BCUT2D eigenvalue weighted by Gasteiger charge is -2.30. The molecule has 6 heteroatoms. The molecule has 0 aromatic heterocycles. The number of nitrogens with zero attached hydrogens (tertiary/aromatic N) is 2. The second kappa shape index (κ2) is 8.80. The second-order valence-electron chi connectivity index (χ2n) is 6.02. The molecule has 1 heterocycles. The molecule has 1 atom stereocenters. The molecular weight excluding hydrogens is 306 g/mol. The van der Waals surface area contributed by atoms with E-state index in [0.29, 0.717) is 37.5 Å². The third-order valence-corrected chi connectivity index (χ3v) is 4.14. The highest BCUT2D eigenvalue weighted by molar-refractivity contribution is 5.97. The van der Waals surface area contributed by atoms with Crippen molar-refractivity contribution in [2.45, 2.75) is 26.9 Å². The number of nitrogens with one attached hydrogen (secondary N) is 1. The first-order valence-corrected chi connectivity index (χ1v) is 8.56. The quantitative estimate of drug-likeness (QED) is 0.863. The van der Waals surface area contributed by atoms with Crippen LogP contribution in [0, 0.1) is 0 Å². The van der Waals surface area contributed by atoms with E-state index in [-0.39, 0.29) is 17.9 Å². The molecule has 6 nitrogen and oxygen atoms in total. The fraction of sp³-hybridized carbons (Fsp3) is 0.556. The minimum atomic E-state index is -0.0726. The van der Waals surface area contributed by atoms with Gasteiger partial charge < -0.3 is 15.0 Å². The summed E-state index contributed by atoms with van der Waals surface area (Å²) in [6.45, 7) is 9.76. The first kappa shape index (κ1) is 18.4. The summed E-state index contributed by atoms with van der Waals surface area (Å²) in [5, 5.41) is 2.88. The monoisotopic (exact) mass is 333 g/mol. The summed E-state index contributed by atoms with van der Waals surface area (Å²) in [4.78, 5) is 28.5. The van der Waals surface area contributed by atoms with Gasteiger partial charge in [0.1, 0.15) is 0 Å². The number of carbonyl (C=O) groups is 2. The molecule has 132 valence electrons. The molecule has 0 bridgehead atoms. The van der Waals surface area contributed by atoms with Crippen LogP contribution in [0.4, 0.5) is 5.69 Å². The average Bonchev–Trinajstić information content (AvgIpc) is 2.56. The smallest absolute Gasteiger partial charge is 0.253 e. The second-order valence-corrected chi connectivity index (χ2v) is 6.02. The maximum Gasteiger partial charge on any atom is 0.253 e. The van der Waals surface area contributed by atoms with Crippen molar-refractivity contribution in [3.05, 3.63) is 29.8 Å². The number of rotatable bonds is 6. The Labute approximate surface area is 143 Å². The van der Waals surface area contributed by atoms with E-state index < -0.39 is 0 Å². The minimum absolute atomic E-state index is 0.0156. The highest BCUT2D eigenvalue weighted by atomic mass is 16.5. The molecule has 1 saturated heterocycles. The molecule has 0 unspecified atom stereocenters. The fourth-order valence-corrected chi connectivity index (χ4v) is 2.86. The molecule has 1 aromatic rings. The summed E-state index contributed by atoms with van der Waals surface area (Å²) in [5.74, 6) is -0.0883. The van der Waals surface area contributed by atoms with Crippen molar-refractivity contribution in [1.82, 2.24) is 9.80 Å². The lowest BCUT2D eigenvalue weighted by atomic mass is 10.1. The Hall–Kier alpha value is -1.92. The summed E-state index contributed by atoms with van der Waals surface area (Å²) in [6.07, 6.45) is 0.154. The lowest BCUT2D eigenvalue weighted by molar-refractivity contribution is -0.119. The number of carbonyl (C=O) groups excluding carboxylic acids is 2. The normalized spacial score (nSPS) is 18.2. The maximum atomic E-state index is 12.4. The standard InChI is InChI=1S/C18H27N3O3/c1-4-21(5-2)18(23)15-7-6-8-16(11-15)19-17(22)13-20-9-10-24-14(3)12-20/h6-8,11,14H,4-5,9-10,12-13H2,1-3H3,(H,19,22)/t14-/m0/s1. The SMILES string of the molecule is CCN(CC)C(=O)c1cccc(NC(=O)CN2CCO[C@@H](C)C2)c1. The Morgan fingerprint density at radius 1 is 1.33 bits per heavy atom. The topological polar surface area (TPSA) is 61.9 Å². The molecule has 24 heavy (non-hydrogen) atoms. The van der Waals surface area contributed by atoms with E-state index in [4.69, 9.17) is 4.74 Å². The number of morpholine rings is 1. The molecule has 1 N–H and O–H groups in total. The van der Waals surface area contributed by atoms with Gasteiger partial charge in [-0.2, -0.15) is 0 Å². The molecule has 2 amide bonds. The zero-order valence-corrected chi connectivity index (χ0v) is 14.7. The van der Waals surface area contributed by atoms with Gasteiger partial charge in [0.05, 0.1) is 19.3 Å². The first-order chi connectivity index (χ1) is 11.5. The van der Waals surface area contributed by atoms with Crippen molar-refractivity contribution in [3.8, 4) is 0 Å². The Balaban J connectivity index is 1.96. The predicted molar refractivity (Wildman–Crippen MR) is 94.2 cm³/mol. The molecule has 2 rings (SSSR count). The zero-order chi connectivity index (χ0) is 17.5. The van der Waals surface area contributed by atoms with E-state index in [1.165, 1.54) is 0 Å². The molecule has 0 spiro atoms. The van der Waals surface area contributed by atoms with Gasteiger partial charge >= 0.3 is 0 Å².